The van der Waals surface area contributed by atoms with Gasteiger partial charge in [-0.3, -0.25) is 0 Å². The molecule has 0 fully saturated rings. The number of hydrogen-bond donors (Lipinski definition) is 0. The van der Waals surface area contributed by atoms with Crippen molar-refractivity contribution in [1.82, 2.24) is 0 Å². The Bertz CT molecular complexity index is 143. The zero-order chi connectivity index (χ0) is 5.11. The average Bonchev–Trinajstić information content (AvgIpc) is 1.69. The molecule has 1 aromatic rings. The van der Waals surface area contributed by atoms with E-state index in [0.29, 0.717) is 0 Å². The van der Waals surface area contributed by atoms with Gasteiger partial charge in [0.25, 0.3) is 0 Å². The number of rotatable bonds is 0. The van der Waals surface area contributed by atoms with Crippen LogP contribution in [-0.4, -0.2) is 0 Å². The Kier molecular flexibility index (Phi) is 8.12. The summed E-state index contributed by atoms with van der Waals surface area (Å²) in [7, 11) is 0. The fourth-order valence-corrected chi connectivity index (χ4v) is 0.367. The summed E-state index contributed by atoms with van der Waals surface area (Å²) < 4.78 is 11.9. The number of halogens is 2. The molecule has 9 heavy (non-hydrogen) atoms. The summed E-state index contributed by atoms with van der Waals surface area (Å²) in [5.41, 5.74) is 0. The van der Waals surface area contributed by atoms with E-state index in [2.05, 4.69) is 6.07 Å². The molecule has 46 valence electrons. The molecule has 0 aliphatic heterocycles. The molecule has 0 nitrogen and oxygen atoms in total. The molecule has 1 rings (SSSR count). The van der Waals surface area contributed by atoms with Gasteiger partial charge in [0.1, 0.15) is 0 Å². The fraction of sp³-hybridized carbons (Fsp3) is 0. The second-order valence-electron chi connectivity index (χ2n) is 1.22. The molecule has 0 amide bonds. The molecule has 0 atom stereocenters. The third-order valence-corrected chi connectivity index (χ3v) is 0.678. The van der Waals surface area contributed by atoms with E-state index in [-0.39, 0.29) is 37.7 Å². The van der Waals surface area contributed by atoms with Crippen molar-refractivity contribution >= 4 is 12.4 Å². The van der Waals surface area contributed by atoms with Gasteiger partial charge in [-0.25, -0.2) is 4.39 Å². The summed E-state index contributed by atoms with van der Waals surface area (Å²) in [5, 5.41) is 0. The first-order valence-electron chi connectivity index (χ1n) is 2.01. The molecule has 0 unspecified atom stereocenters. The van der Waals surface area contributed by atoms with Gasteiger partial charge in [-0.05, 0) is 0 Å². The Balaban J connectivity index is 0. The molecule has 0 N–H and O–H groups in total. The van der Waals surface area contributed by atoms with Crippen molar-refractivity contribution in [3.63, 3.8) is 0 Å². The van der Waals surface area contributed by atoms with E-state index in [1.807, 2.05) is 0 Å². The van der Waals surface area contributed by atoms with Crippen LogP contribution in [-0.2, 0) is 19.5 Å². The SMILES string of the molecule is Cl.Fc1cc[c-]cc1.[Zn]. The molecule has 0 spiro atoms. The molecular formula is C6H5ClFZn-. The Morgan fingerprint density at radius 3 is 1.89 bits per heavy atom. The first-order valence-corrected chi connectivity index (χ1v) is 2.01. The van der Waals surface area contributed by atoms with E-state index >= 15 is 0 Å². The molecule has 0 aliphatic rings. The largest absolute Gasteiger partial charge is 0.236 e. The minimum Gasteiger partial charge on any atom is -0.236 e. The normalized spacial score (nSPS) is 6.78. The van der Waals surface area contributed by atoms with Gasteiger partial charge >= 0.3 is 0 Å². The first kappa shape index (κ1) is 11.8. The van der Waals surface area contributed by atoms with E-state index in [1.165, 1.54) is 24.3 Å². The van der Waals surface area contributed by atoms with Crippen molar-refractivity contribution in [1.29, 1.82) is 0 Å². The van der Waals surface area contributed by atoms with Gasteiger partial charge in [0.15, 0.2) is 0 Å². The van der Waals surface area contributed by atoms with Gasteiger partial charge in [0.2, 0.25) is 0 Å². The zero-order valence-corrected chi connectivity index (χ0v) is 8.59. The molecule has 0 heterocycles. The number of hydrogen-bond acceptors (Lipinski definition) is 0. The van der Waals surface area contributed by atoms with E-state index in [9.17, 15) is 4.39 Å². The smallest absolute Gasteiger partial charge is 0.0151 e. The molecule has 0 aromatic heterocycles. The van der Waals surface area contributed by atoms with Gasteiger partial charge in [-0.2, -0.15) is 18.2 Å². The van der Waals surface area contributed by atoms with Crippen molar-refractivity contribution in [2.24, 2.45) is 0 Å². The van der Waals surface area contributed by atoms with Crippen LogP contribution in [0.1, 0.15) is 0 Å². The third-order valence-electron chi connectivity index (χ3n) is 0.678. The van der Waals surface area contributed by atoms with Gasteiger partial charge in [0.05, 0.1) is 0 Å². The summed E-state index contributed by atoms with van der Waals surface area (Å²) in [5.74, 6) is -0.209. The topological polar surface area (TPSA) is 0 Å². The Morgan fingerprint density at radius 1 is 1.22 bits per heavy atom. The van der Waals surface area contributed by atoms with Crippen LogP contribution in [0.15, 0.2) is 24.3 Å². The van der Waals surface area contributed by atoms with Crippen molar-refractivity contribution in [3.05, 3.63) is 36.1 Å². The summed E-state index contributed by atoms with van der Waals surface area (Å²) in [4.78, 5) is 0. The van der Waals surface area contributed by atoms with Crippen molar-refractivity contribution in [2.45, 2.75) is 0 Å². The number of benzene rings is 1. The molecule has 1 aromatic carbocycles. The van der Waals surface area contributed by atoms with Crippen LogP contribution in [0.2, 0.25) is 0 Å². The van der Waals surface area contributed by atoms with E-state index in [1.54, 1.807) is 0 Å². The van der Waals surface area contributed by atoms with Crippen molar-refractivity contribution in [2.75, 3.05) is 0 Å². The summed E-state index contributed by atoms with van der Waals surface area (Å²) in [6, 6.07) is 8.49. The summed E-state index contributed by atoms with van der Waals surface area (Å²) >= 11 is 0. The van der Waals surface area contributed by atoms with E-state index in [0.717, 1.165) is 0 Å². The second kappa shape index (κ2) is 6.19. The van der Waals surface area contributed by atoms with Crippen LogP contribution >= 0.6 is 12.4 Å². The molecule has 0 aliphatic carbocycles. The van der Waals surface area contributed by atoms with Crippen molar-refractivity contribution < 1.29 is 23.9 Å². The fourth-order valence-electron chi connectivity index (χ4n) is 0.367. The average molecular weight is 197 g/mol. The van der Waals surface area contributed by atoms with Crippen LogP contribution in [0, 0.1) is 11.9 Å². The van der Waals surface area contributed by atoms with Crippen LogP contribution < -0.4 is 0 Å². The van der Waals surface area contributed by atoms with Crippen LogP contribution in [0.4, 0.5) is 4.39 Å². The van der Waals surface area contributed by atoms with E-state index < -0.39 is 0 Å². The molecule has 0 saturated carbocycles. The van der Waals surface area contributed by atoms with Crippen LogP contribution in [0.5, 0.6) is 0 Å². The summed E-state index contributed by atoms with van der Waals surface area (Å²) in [6.07, 6.45) is 0. The van der Waals surface area contributed by atoms with Gasteiger partial charge in [0, 0.05) is 25.3 Å². The molecule has 3 heteroatoms. The Morgan fingerprint density at radius 2 is 1.67 bits per heavy atom. The molecule has 0 bridgehead atoms. The quantitative estimate of drug-likeness (QED) is 0.441. The maximum atomic E-state index is 11.9. The third kappa shape index (κ3) is 4.56. The van der Waals surface area contributed by atoms with Gasteiger partial charge in [-0.15, -0.1) is 24.5 Å². The summed E-state index contributed by atoms with van der Waals surface area (Å²) in [6.45, 7) is 0. The minimum absolute atomic E-state index is 0. The maximum Gasteiger partial charge on any atom is 0.0151 e. The first-order chi connectivity index (χ1) is 3.39. The van der Waals surface area contributed by atoms with E-state index in [4.69, 9.17) is 0 Å². The van der Waals surface area contributed by atoms with Gasteiger partial charge in [-0.1, -0.05) is 0 Å². The predicted molar refractivity (Wildman–Crippen MR) is 32.5 cm³/mol. The van der Waals surface area contributed by atoms with Crippen LogP contribution in [0.3, 0.4) is 0 Å². The predicted octanol–water partition coefficient (Wildman–Crippen LogP) is 2.05. The Labute approximate surface area is 72.6 Å². The molecule has 0 saturated heterocycles. The van der Waals surface area contributed by atoms with Gasteiger partial charge < -0.3 is 0 Å². The monoisotopic (exact) mass is 195 g/mol. The minimum atomic E-state index is -0.209. The standard InChI is InChI=1S/C6H4F.ClH.Zn/c7-6-4-2-1-3-5-6;;/h2-5H;1H;/q-1;;. The molecular weight excluding hydrogens is 192 g/mol. The maximum absolute atomic E-state index is 11.9. The van der Waals surface area contributed by atoms with Crippen LogP contribution in [0.25, 0.3) is 0 Å². The van der Waals surface area contributed by atoms with Crippen molar-refractivity contribution in [3.8, 4) is 0 Å². The Hall–Kier alpha value is 0.0634. The molecule has 0 radical (unpaired) electrons. The second-order valence-corrected chi connectivity index (χ2v) is 1.22. The zero-order valence-electron chi connectivity index (χ0n) is 4.80.